The van der Waals surface area contributed by atoms with E-state index >= 15 is 0 Å². The van der Waals surface area contributed by atoms with Gasteiger partial charge in [0.05, 0.1) is 0 Å². The van der Waals surface area contributed by atoms with Gasteiger partial charge in [0.1, 0.15) is 10.0 Å². The highest BCUT2D eigenvalue weighted by Gasteiger charge is 2.30. The van der Waals surface area contributed by atoms with E-state index in [0.29, 0.717) is 32.6 Å². The third-order valence-corrected chi connectivity index (χ3v) is 6.88. The van der Waals surface area contributed by atoms with Gasteiger partial charge in [0, 0.05) is 45.3 Å². The number of rotatable bonds is 5. The van der Waals surface area contributed by atoms with Crippen LogP contribution in [0.25, 0.3) is 0 Å². The fourth-order valence-corrected chi connectivity index (χ4v) is 4.74. The number of piperazine rings is 1. The standard InChI is InChI=1S/C16H23ClN4O3S/c17-15-4-3-14(13-18-15)25(23,24)21-11-9-20(10-12-21)16(22)5-8-19-6-1-2-7-19/h3-4,13H,1-2,5-12H2. The van der Waals surface area contributed by atoms with Crippen LogP contribution in [0.2, 0.25) is 5.15 Å². The number of pyridine rings is 1. The van der Waals surface area contributed by atoms with E-state index in [4.69, 9.17) is 11.6 Å². The summed E-state index contributed by atoms with van der Waals surface area (Å²) in [4.78, 5) is 20.4. The zero-order valence-electron chi connectivity index (χ0n) is 14.1. The molecule has 138 valence electrons. The molecule has 25 heavy (non-hydrogen) atoms. The molecular formula is C16H23ClN4O3S. The first-order valence-electron chi connectivity index (χ1n) is 8.59. The van der Waals surface area contributed by atoms with Crippen LogP contribution < -0.4 is 0 Å². The molecular weight excluding hydrogens is 364 g/mol. The number of likely N-dealkylation sites (tertiary alicyclic amines) is 1. The third kappa shape index (κ3) is 4.49. The van der Waals surface area contributed by atoms with Gasteiger partial charge in [0.2, 0.25) is 15.9 Å². The van der Waals surface area contributed by atoms with Crippen LogP contribution in [-0.4, -0.2) is 79.2 Å². The van der Waals surface area contributed by atoms with E-state index in [0.717, 1.165) is 19.6 Å². The number of aromatic nitrogens is 1. The first-order valence-corrected chi connectivity index (χ1v) is 10.4. The van der Waals surface area contributed by atoms with Crippen LogP contribution in [0.15, 0.2) is 23.2 Å². The molecule has 2 fully saturated rings. The molecule has 0 spiro atoms. The lowest BCUT2D eigenvalue weighted by molar-refractivity contribution is -0.132. The second-order valence-electron chi connectivity index (χ2n) is 6.40. The molecule has 0 N–H and O–H groups in total. The zero-order chi connectivity index (χ0) is 17.9. The highest BCUT2D eigenvalue weighted by Crippen LogP contribution is 2.18. The minimum Gasteiger partial charge on any atom is -0.340 e. The molecule has 9 heteroatoms. The Hall–Kier alpha value is -1.22. The number of amides is 1. The number of hydrogen-bond acceptors (Lipinski definition) is 5. The van der Waals surface area contributed by atoms with E-state index in [2.05, 4.69) is 9.88 Å². The normalized spacial score (nSPS) is 20.1. The van der Waals surface area contributed by atoms with Gasteiger partial charge in [-0.05, 0) is 38.1 Å². The second-order valence-corrected chi connectivity index (χ2v) is 8.73. The van der Waals surface area contributed by atoms with Crippen molar-refractivity contribution >= 4 is 27.5 Å². The maximum atomic E-state index is 12.6. The van der Waals surface area contributed by atoms with Crippen LogP contribution in [0.4, 0.5) is 0 Å². The highest BCUT2D eigenvalue weighted by molar-refractivity contribution is 7.89. The van der Waals surface area contributed by atoms with Crippen molar-refractivity contribution in [2.45, 2.75) is 24.2 Å². The van der Waals surface area contributed by atoms with Crippen molar-refractivity contribution in [3.05, 3.63) is 23.5 Å². The first kappa shape index (κ1) is 18.6. The van der Waals surface area contributed by atoms with Crippen molar-refractivity contribution in [2.75, 3.05) is 45.8 Å². The zero-order valence-corrected chi connectivity index (χ0v) is 15.7. The molecule has 1 aromatic rings. The molecule has 0 aliphatic carbocycles. The van der Waals surface area contributed by atoms with Gasteiger partial charge in [-0.25, -0.2) is 13.4 Å². The number of hydrogen-bond donors (Lipinski definition) is 0. The van der Waals surface area contributed by atoms with Crippen LogP contribution >= 0.6 is 11.6 Å². The maximum Gasteiger partial charge on any atom is 0.244 e. The monoisotopic (exact) mass is 386 g/mol. The predicted octanol–water partition coefficient (Wildman–Crippen LogP) is 1.05. The lowest BCUT2D eigenvalue weighted by Crippen LogP contribution is -2.50. The molecule has 1 aromatic heterocycles. The Labute approximate surface area is 153 Å². The smallest absolute Gasteiger partial charge is 0.244 e. The van der Waals surface area contributed by atoms with Gasteiger partial charge in [-0.3, -0.25) is 4.79 Å². The molecule has 7 nitrogen and oxygen atoms in total. The van der Waals surface area contributed by atoms with Gasteiger partial charge in [0.25, 0.3) is 0 Å². The Bertz CT molecular complexity index is 697. The quantitative estimate of drug-likeness (QED) is 0.707. The van der Waals surface area contributed by atoms with E-state index < -0.39 is 10.0 Å². The van der Waals surface area contributed by atoms with E-state index in [-0.39, 0.29) is 16.0 Å². The van der Waals surface area contributed by atoms with Crippen molar-refractivity contribution < 1.29 is 13.2 Å². The average molecular weight is 387 g/mol. The van der Waals surface area contributed by atoms with Gasteiger partial charge < -0.3 is 9.80 Å². The number of carbonyl (C=O) groups excluding carboxylic acids is 1. The van der Waals surface area contributed by atoms with Crippen molar-refractivity contribution in [2.24, 2.45) is 0 Å². The summed E-state index contributed by atoms with van der Waals surface area (Å²) in [5.41, 5.74) is 0. The lowest BCUT2D eigenvalue weighted by atomic mass is 10.3. The minimum absolute atomic E-state index is 0.108. The Morgan fingerprint density at radius 2 is 1.76 bits per heavy atom. The average Bonchev–Trinajstić information content (AvgIpc) is 3.14. The largest absolute Gasteiger partial charge is 0.340 e. The fourth-order valence-electron chi connectivity index (χ4n) is 3.26. The molecule has 3 rings (SSSR count). The summed E-state index contributed by atoms with van der Waals surface area (Å²) >= 11 is 5.71. The van der Waals surface area contributed by atoms with Crippen LogP contribution in [0.5, 0.6) is 0 Å². The lowest BCUT2D eigenvalue weighted by Gasteiger charge is -2.34. The number of carbonyl (C=O) groups is 1. The van der Waals surface area contributed by atoms with Gasteiger partial charge >= 0.3 is 0 Å². The third-order valence-electron chi connectivity index (χ3n) is 4.77. The molecule has 0 saturated carbocycles. The van der Waals surface area contributed by atoms with E-state index in [1.54, 1.807) is 4.90 Å². The van der Waals surface area contributed by atoms with Gasteiger partial charge in [-0.2, -0.15) is 4.31 Å². The topological polar surface area (TPSA) is 73.8 Å². The first-order chi connectivity index (χ1) is 12.0. The number of halogens is 1. The molecule has 0 atom stereocenters. The molecule has 1 amide bonds. The van der Waals surface area contributed by atoms with Crippen LogP contribution in [0, 0.1) is 0 Å². The molecule has 3 heterocycles. The Kier molecular flexibility index (Phi) is 5.93. The Morgan fingerprint density at radius 1 is 1.08 bits per heavy atom. The maximum absolute atomic E-state index is 12.6. The summed E-state index contributed by atoms with van der Waals surface area (Å²) in [5, 5.41) is 0.257. The van der Waals surface area contributed by atoms with Crippen molar-refractivity contribution in [1.82, 2.24) is 19.1 Å². The second kappa shape index (κ2) is 7.99. The number of sulfonamides is 1. The fraction of sp³-hybridized carbons (Fsp3) is 0.625. The van der Waals surface area contributed by atoms with E-state index in [1.165, 1.54) is 35.5 Å². The molecule has 2 saturated heterocycles. The highest BCUT2D eigenvalue weighted by atomic mass is 35.5. The number of nitrogens with zero attached hydrogens (tertiary/aromatic N) is 4. The summed E-state index contributed by atoms with van der Waals surface area (Å²) in [6.45, 7) is 4.43. The summed E-state index contributed by atoms with van der Waals surface area (Å²) in [6, 6.07) is 2.92. The van der Waals surface area contributed by atoms with E-state index in [9.17, 15) is 13.2 Å². The summed E-state index contributed by atoms with van der Waals surface area (Å²) < 4.78 is 26.6. The predicted molar refractivity (Wildman–Crippen MR) is 94.9 cm³/mol. The van der Waals surface area contributed by atoms with Crippen molar-refractivity contribution in [3.63, 3.8) is 0 Å². The molecule has 2 aliphatic rings. The van der Waals surface area contributed by atoms with Crippen LogP contribution in [-0.2, 0) is 14.8 Å². The molecule has 0 bridgehead atoms. The Morgan fingerprint density at radius 3 is 2.36 bits per heavy atom. The molecule has 2 aliphatic heterocycles. The van der Waals surface area contributed by atoms with Crippen molar-refractivity contribution in [1.29, 1.82) is 0 Å². The van der Waals surface area contributed by atoms with E-state index in [1.807, 2.05) is 0 Å². The molecule has 0 unspecified atom stereocenters. The minimum atomic E-state index is -3.59. The van der Waals surface area contributed by atoms with Gasteiger partial charge in [0.15, 0.2) is 0 Å². The molecule has 0 aromatic carbocycles. The summed E-state index contributed by atoms with van der Waals surface area (Å²) in [7, 11) is -3.59. The van der Waals surface area contributed by atoms with Crippen LogP contribution in [0.3, 0.4) is 0 Å². The SMILES string of the molecule is O=C(CCN1CCCC1)N1CCN(S(=O)(=O)c2ccc(Cl)nc2)CC1. The Balaban J connectivity index is 1.52. The molecule has 0 radical (unpaired) electrons. The summed E-state index contributed by atoms with van der Waals surface area (Å²) in [5.74, 6) is 0.108. The van der Waals surface area contributed by atoms with Gasteiger partial charge in [-0.15, -0.1) is 0 Å². The van der Waals surface area contributed by atoms with Crippen LogP contribution in [0.1, 0.15) is 19.3 Å². The van der Waals surface area contributed by atoms with Gasteiger partial charge in [-0.1, -0.05) is 11.6 Å². The summed E-state index contributed by atoms with van der Waals surface area (Å²) in [6.07, 6.45) is 4.20. The van der Waals surface area contributed by atoms with Crippen molar-refractivity contribution in [3.8, 4) is 0 Å².